The van der Waals surface area contributed by atoms with Crippen LogP contribution in [0.15, 0.2) is 29.2 Å². The summed E-state index contributed by atoms with van der Waals surface area (Å²) in [4.78, 5) is 16.9. The number of hydrogen-bond donors (Lipinski definition) is 0. The van der Waals surface area contributed by atoms with Crippen molar-refractivity contribution in [1.82, 2.24) is 19.6 Å². The summed E-state index contributed by atoms with van der Waals surface area (Å²) in [5.41, 5.74) is -1.85. The van der Waals surface area contributed by atoms with Crippen molar-refractivity contribution in [2.75, 3.05) is 26.2 Å². The first-order chi connectivity index (χ1) is 14.1. The minimum absolute atomic E-state index is 0.0680. The van der Waals surface area contributed by atoms with Gasteiger partial charge in [-0.25, -0.2) is 0 Å². The van der Waals surface area contributed by atoms with Gasteiger partial charge in [-0.3, -0.25) is 14.4 Å². The highest BCUT2D eigenvalue weighted by molar-refractivity contribution is 8.00. The molecule has 0 saturated carbocycles. The molecule has 2 heterocycles. The van der Waals surface area contributed by atoms with Gasteiger partial charge in [0.1, 0.15) is 5.15 Å². The number of nitrogens with zero attached hydrogens (tertiary/aromatic N) is 4. The third-order valence-corrected chi connectivity index (χ3v) is 6.27. The lowest BCUT2D eigenvalue weighted by Gasteiger charge is -2.22. The lowest BCUT2D eigenvalue weighted by Crippen LogP contribution is -2.36. The van der Waals surface area contributed by atoms with Gasteiger partial charge in [-0.1, -0.05) is 23.7 Å². The van der Waals surface area contributed by atoms with Crippen molar-refractivity contribution in [2.24, 2.45) is 7.05 Å². The van der Waals surface area contributed by atoms with Crippen LogP contribution in [0.2, 0.25) is 5.15 Å². The molecule has 1 amide bonds. The van der Waals surface area contributed by atoms with Crippen LogP contribution in [0, 0.1) is 6.92 Å². The van der Waals surface area contributed by atoms with Gasteiger partial charge in [0, 0.05) is 50.2 Å². The maximum atomic E-state index is 12.7. The van der Waals surface area contributed by atoms with Crippen molar-refractivity contribution in [1.29, 1.82) is 0 Å². The molecule has 164 valence electrons. The number of alkyl halides is 3. The molecule has 2 aromatic rings. The van der Waals surface area contributed by atoms with Crippen molar-refractivity contribution >= 4 is 29.3 Å². The Morgan fingerprint density at radius 1 is 1.23 bits per heavy atom. The van der Waals surface area contributed by atoms with Gasteiger partial charge in [-0.15, -0.1) is 0 Å². The van der Waals surface area contributed by atoms with E-state index in [0.29, 0.717) is 36.9 Å². The van der Waals surface area contributed by atoms with E-state index in [2.05, 4.69) is 10.00 Å². The number of halogens is 4. The Morgan fingerprint density at radius 2 is 2.00 bits per heavy atom. The SMILES string of the molecule is Cc1nn(C)c(Cl)c1CN1CCCN(C(=O)Cc2cccc(SC(F)(F)F)c2)CC1. The van der Waals surface area contributed by atoms with Gasteiger partial charge in [0.25, 0.3) is 0 Å². The second-order valence-corrected chi connectivity index (χ2v) is 8.86. The summed E-state index contributed by atoms with van der Waals surface area (Å²) in [6.45, 7) is 5.36. The Bertz CT molecular complexity index is 903. The molecule has 1 aliphatic heterocycles. The number of aryl methyl sites for hydroxylation is 2. The molecule has 0 unspecified atom stereocenters. The molecule has 1 aromatic carbocycles. The number of thioether (sulfide) groups is 1. The fourth-order valence-corrected chi connectivity index (χ4v) is 4.45. The average Bonchev–Trinajstić information content (AvgIpc) is 2.82. The van der Waals surface area contributed by atoms with Gasteiger partial charge < -0.3 is 4.90 Å². The van der Waals surface area contributed by atoms with Gasteiger partial charge in [0.2, 0.25) is 5.91 Å². The first-order valence-corrected chi connectivity index (χ1v) is 10.8. The largest absolute Gasteiger partial charge is 0.446 e. The van der Waals surface area contributed by atoms with Crippen molar-refractivity contribution in [3.63, 3.8) is 0 Å². The molecule has 1 aromatic heterocycles. The molecule has 0 N–H and O–H groups in total. The predicted octanol–water partition coefficient (Wildman–Crippen LogP) is 4.27. The number of hydrogen-bond acceptors (Lipinski definition) is 4. The molecule has 0 spiro atoms. The molecule has 0 bridgehead atoms. The Morgan fingerprint density at radius 3 is 2.67 bits per heavy atom. The maximum Gasteiger partial charge on any atom is 0.446 e. The second kappa shape index (κ2) is 9.62. The number of amides is 1. The molecule has 0 aliphatic carbocycles. The summed E-state index contributed by atoms with van der Waals surface area (Å²) in [5, 5.41) is 4.97. The van der Waals surface area contributed by atoms with E-state index < -0.39 is 5.51 Å². The van der Waals surface area contributed by atoms with Crippen molar-refractivity contribution in [2.45, 2.75) is 36.7 Å². The number of benzene rings is 1. The van der Waals surface area contributed by atoms with Crippen LogP contribution in [-0.4, -0.2) is 57.2 Å². The number of rotatable bonds is 5. The molecular formula is C20H24ClF3N4OS. The molecule has 1 saturated heterocycles. The summed E-state index contributed by atoms with van der Waals surface area (Å²) in [7, 11) is 1.81. The van der Waals surface area contributed by atoms with E-state index in [-0.39, 0.29) is 29.0 Å². The summed E-state index contributed by atoms with van der Waals surface area (Å²) in [6, 6.07) is 6.09. The zero-order chi connectivity index (χ0) is 21.9. The highest BCUT2D eigenvalue weighted by atomic mass is 35.5. The standard InChI is InChI=1S/C20H24ClF3N4OS/c1-14-17(19(21)26(2)25-14)13-27-7-4-8-28(10-9-27)18(29)12-15-5-3-6-16(11-15)30-20(22,23)24/h3,5-6,11H,4,7-10,12-13H2,1-2H3. The number of aromatic nitrogens is 2. The minimum atomic E-state index is -4.34. The van der Waals surface area contributed by atoms with E-state index >= 15 is 0 Å². The van der Waals surface area contributed by atoms with Gasteiger partial charge in [0.15, 0.2) is 0 Å². The van der Waals surface area contributed by atoms with Crippen LogP contribution in [0.4, 0.5) is 13.2 Å². The van der Waals surface area contributed by atoms with Crippen LogP contribution in [0.5, 0.6) is 0 Å². The summed E-state index contributed by atoms with van der Waals surface area (Å²) >= 11 is 6.17. The van der Waals surface area contributed by atoms with E-state index in [1.54, 1.807) is 21.7 Å². The Kier molecular flexibility index (Phi) is 7.36. The van der Waals surface area contributed by atoms with Gasteiger partial charge >= 0.3 is 5.51 Å². The third kappa shape index (κ3) is 6.15. The van der Waals surface area contributed by atoms with Crippen LogP contribution >= 0.6 is 23.4 Å². The first kappa shape index (κ1) is 23.0. The number of carbonyl (C=O) groups excluding carboxylic acids is 1. The van der Waals surface area contributed by atoms with Crippen LogP contribution in [0.3, 0.4) is 0 Å². The van der Waals surface area contributed by atoms with Crippen LogP contribution < -0.4 is 0 Å². The zero-order valence-corrected chi connectivity index (χ0v) is 18.4. The molecule has 30 heavy (non-hydrogen) atoms. The van der Waals surface area contributed by atoms with Crippen LogP contribution in [-0.2, 0) is 24.8 Å². The molecule has 0 radical (unpaired) electrons. The quantitative estimate of drug-likeness (QED) is 0.625. The lowest BCUT2D eigenvalue weighted by molar-refractivity contribution is -0.130. The van der Waals surface area contributed by atoms with E-state index in [1.807, 2.05) is 14.0 Å². The maximum absolute atomic E-state index is 12.7. The summed E-state index contributed by atoms with van der Waals surface area (Å²) < 4.78 is 39.4. The van der Waals surface area contributed by atoms with E-state index in [4.69, 9.17) is 11.6 Å². The first-order valence-electron chi connectivity index (χ1n) is 9.65. The second-order valence-electron chi connectivity index (χ2n) is 7.36. The minimum Gasteiger partial charge on any atom is -0.341 e. The van der Waals surface area contributed by atoms with Crippen molar-refractivity contribution in [3.05, 3.63) is 46.2 Å². The molecule has 10 heteroatoms. The highest BCUT2D eigenvalue weighted by Crippen LogP contribution is 2.37. The smallest absolute Gasteiger partial charge is 0.341 e. The van der Waals surface area contributed by atoms with Gasteiger partial charge in [0.05, 0.1) is 12.1 Å². The summed E-state index contributed by atoms with van der Waals surface area (Å²) in [6.07, 6.45) is 0.923. The monoisotopic (exact) mass is 460 g/mol. The Hall–Kier alpha value is -1.71. The third-order valence-electron chi connectivity index (χ3n) is 5.08. The normalized spacial score (nSPS) is 16.0. The predicted molar refractivity (Wildman–Crippen MR) is 111 cm³/mol. The van der Waals surface area contributed by atoms with Gasteiger partial charge in [-0.05, 0) is 42.8 Å². The Balaban J connectivity index is 1.57. The molecule has 3 rings (SSSR count). The Labute approximate surface area is 183 Å². The molecule has 5 nitrogen and oxygen atoms in total. The molecular weight excluding hydrogens is 437 g/mol. The van der Waals surface area contributed by atoms with E-state index in [1.165, 1.54) is 12.1 Å². The van der Waals surface area contributed by atoms with Gasteiger partial charge in [-0.2, -0.15) is 18.3 Å². The highest BCUT2D eigenvalue weighted by Gasteiger charge is 2.29. The number of carbonyl (C=O) groups is 1. The van der Waals surface area contributed by atoms with Crippen molar-refractivity contribution in [3.8, 4) is 0 Å². The van der Waals surface area contributed by atoms with Crippen molar-refractivity contribution < 1.29 is 18.0 Å². The fourth-order valence-electron chi connectivity index (χ4n) is 3.59. The molecule has 1 fully saturated rings. The zero-order valence-electron chi connectivity index (χ0n) is 16.9. The lowest BCUT2D eigenvalue weighted by atomic mass is 10.1. The topological polar surface area (TPSA) is 41.4 Å². The summed E-state index contributed by atoms with van der Waals surface area (Å²) in [5.74, 6) is -0.0680. The fraction of sp³-hybridized carbons (Fsp3) is 0.500. The van der Waals surface area contributed by atoms with E-state index in [9.17, 15) is 18.0 Å². The average molecular weight is 461 g/mol. The molecule has 1 aliphatic rings. The van der Waals surface area contributed by atoms with E-state index in [0.717, 1.165) is 24.2 Å². The van der Waals surface area contributed by atoms with Crippen LogP contribution in [0.1, 0.15) is 23.2 Å². The van der Waals surface area contributed by atoms with Crippen LogP contribution in [0.25, 0.3) is 0 Å². The molecule has 0 atom stereocenters.